The van der Waals surface area contributed by atoms with Crippen molar-refractivity contribution in [1.29, 1.82) is 0 Å². The highest BCUT2D eigenvalue weighted by atomic mass is 79.9. The van der Waals surface area contributed by atoms with Gasteiger partial charge in [-0.1, -0.05) is 22.0 Å². The standard InChI is InChI=1S/C19H24BrF3N2O2/c1-17(2,3)27-16(26)25-9-8-24(12-18(25)6-7-18)11-13-4-5-14(20)10-15(13)19(21,22)23/h4-5,10H,6-9,11-12H2,1-3H3. The zero-order chi connectivity index (χ0) is 20.0. The smallest absolute Gasteiger partial charge is 0.416 e. The molecule has 1 saturated heterocycles. The summed E-state index contributed by atoms with van der Waals surface area (Å²) in [6.45, 7) is 7.25. The summed E-state index contributed by atoms with van der Waals surface area (Å²) < 4.78 is 46.0. The number of carbonyl (C=O) groups excluding carboxylic acids is 1. The average Bonchev–Trinajstić information content (AvgIpc) is 3.26. The number of nitrogens with zero attached hydrogens (tertiary/aromatic N) is 2. The highest BCUT2D eigenvalue weighted by molar-refractivity contribution is 9.10. The maximum atomic E-state index is 13.4. The number of hydrogen-bond donors (Lipinski definition) is 0. The quantitative estimate of drug-likeness (QED) is 0.634. The van der Waals surface area contributed by atoms with Crippen LogP contribution in [0.5, 0.6) is 0 Å². The van der Waals surface area contributed by atoms with Crippen LogP contribution >= 0.6 is 15.9 Å². The molecule has 1 aromatic carbocycles. The van der Waals surface area contributed by atoms with E-state index in [4.69, 9.17) is 4.74 Å². The fourth-order valence-electron chi connectivity index (χ4n) is 3.56. The summed E-state index contributed by atoms with van der Waals surface area (Å²) in [5, 5.41) is 0. The molecule has 0 N–H and O–H groups in total. The summed E-state index contributed by atoms with van der Waals surface area (Å²) >= 11 is 3.12. The Morgan fingerprint density at radius 3 is 2.44 bits per heavy atom. The van der Waals surface area contributed by atoms with Crippen molar-refractivity contribution in [3.63, 3.8) is 0 Å². The third kappa shape index (κ3) is 4.77. The van der Waals surface area contributed by atoms with Crippen molar-refractivity contribution in [3.8, 4) is 0 Å². The number of piperazine rings is 1. The molecule has 8 heteroatoms. The van der Waals surface area contributed by atoms with Gasteiger partial charge in [0.2, 0.25) is 0 Å². The molecule has 1 spiro atoms. The van der Waals surface area contributed by atoms with Gasteiger partial charge in [-0.15, -0.1) is 0 Å². The van der Waals surface area contributed by atoms with Gasteiger partial charge >= 0.3 is 12.3 Å². The Hall–Kier alpha value is -1.28. The van der Waals surface area contributed by atoms with Crippen LogP contribution in [0, 0.1) is 0 Å². The first kappa shape index (κ1) is 20.5. The first-order valence-electron chi connectivity index (χ1n) is 8.98. The minimum absolute atomic E-state index is 0.214. The lowest BCUT2D eigenvalue weighted by molar-refractivity contribution is -0.138. The van der Waals surface area contributed by atoms with Crippen molar-refractivity contribution in [2.45, 2.75) is 57.5 Å². The molecule has 2 fully saturated rings. The van der Waals surface area contributed by atoms with Gasteiger partial charge in [-0.3, -0.25) is 9.80 Å². The van der Waals surface area contributed by atoms with Crippen LogP contribution in [0.15, 0.2) is 22.7 Å². The van der Waals surface area contributed by atoms with Gasteiger partial charge in [-0.05, 0) is 51.3 Å². The second-order valence-electron chi connectivity index (χ2n) is 8.37. The predicted molar refractivity (Wildman–Crippen MR) is 99.3 cm³/mol. The van der Waals surface area contributed by atoms with E-state index in [1.165, 1.54) is 6.07 Å². The lowest BCUT2D eigenvalue weighted by Gasteiger charge is -2.42. The van der Waals surface area contributed by atoms with Crippen molar-refractivity contribution >= 4 is 22.0 Å². The topological polar surface area (TPSA) is 32.8 Å². The van der Waals surface area contributed by atoms with Gasteiger partial charge < -0.3 is 4.74 Å². The molecule has 27 heavy (non-hydrogen) atoms. The zero-order valence-corrected chi connectivity index (χ0v) is 17.3. The van der Waals surface area contributed by atoms with Crippen molar-refractivity contribution in [1.82, 2.24) is 9.80 Å². The lowest BCUT2D eigenvalue weighted by atomic mass is 10.0. The molecule has 0 unspecified atom stereocenters. The number of hydrogen-bond acceptors (Lipinski definition) is 3. The van der Waals surface area contributed by atoms with Crippen molar-refractivity contribution in [3.05, 3.63) is 33.8 Å². The van der Waals surface area contributed by atoms with E-state index < -0.39 is 17.3 Å². The Morgan fingerprint density at radius 1 is 1.22 bits per heavy atom. The molecule has 1 heterocycles. The van der Waals surface area contributed by atoms with Gasteiger partial charge in [0.25, 0.3) is 0 Å². The molecule has 1 amide bonds. The van der Waals surface area contributed by atoms with E-state index in [1.807, 2.05) is 25.7 Å². The number of carbonyl (C=O) groups is 1. The summed E-state index contributed by atoms with van der Waals surface area (Å²) in [6.07, 6.45) is -3.02. The van der Waals surface area contributed by atoms with Crippen molar-refractivity contribution < 1.29 is 22.7 Å². The molecule has 1 aliphatic heterocycles. The Morgan fingerprint density at radius 2 is 1.89 bits per heavy atom. The van der Waals surface area contributed by atoms with Gasteiger partial charge in [0.15, 0.2) is 0 Å². The van der Waals surface area contributed by atoms with Gasteiger partial charge in [0, 0.05) is 30.7 Å². The van der Waals surface area contributed by atoms with Crippen molar-refractivity contribution in [2.24, 2.45) is 0 Å². The average molecular weight is 449 g/mol. The SMILES string of the molecule is CC(C)(C)OC(=O)N1CCN(Cc2ccc(Br)cc2C(F)(F)F)CC12CC2. The Balaban J connectivity index is 1.72. The van der Waals surface area contributed by atoms with Crippen molar-refractivity contribution in [2.75, 3.05) is 19.6 Å². The molecule has 3 rings (SSSR count). The third-order valence-corrected chi connectivity index (χ3v) is 5.44. The summed E-state index contributed by atoms with van der Waals surface area (Å²) in [7, 11) is 0. The Labute approximate surface area is 165 Å². The van der Waals surface area contributed by atoms with E-state index in [2.05, 4.69) is 15.9 Å². The van der Waals surface area contributed by atoms with E-state index in [-0.39, 0.29) is 23.7 Å². The number of benzene rings is 1. The molecule has 150 valence electrons. The van der Waals surface area contributed by atoms with Crippen LogP contribution in [0.4, 0.5) is 18.0 Å². The molecule has 1 aromatic rings. The van der Waals surface area contributed by atoms with Gasteiger partial charge in [-0.25, -0.2) is 4.79 Å². The van der Waals surface area contributed by atoms with E-state index in [1.54, 1.807) is 11.0 Å². The van der Waals surface area contributed by atoms with Crippen LogP contribution in [0.3, 0.4) is 0 Å². The van der Waals surface area contributed by atoms with E-state index in [0.717, 1.165) is 18.9 Å². The molecule has 0 atom stereocenters. The largest absolute Gasteiger partial charge is 0.444 e. The molecule has 1 aliphatic carbocycles. The maximum Gasteiger partial charge on any atom is 0.416 e. The molecule has 0 aromatic heterocycles. The zero-order valence-electron chi connectivity index (χ0n) is 15.7. The third-order valence-electron chi connectivity index (χ3n) is 4.94. The first-order valence-corrected chi connectivity index (χ1v) is 9.78. The molecule has 2 aliphatic rings. The maximum absolute atomic E-state index is 13.4. The second-order valence-corrected chi connectivity index (χ2v) is 9.28. The minimum atomic E-state index is -4.39. The minimum Gasteiger partial charge on any atom is -0.444 e. The lowest BCUT2D eigenvalue weighted by Crippen LogP contribution is -2.57. The van der Waals surface area contributed by atoms with Crippen LogP contribution in [-0.4, -0.2) is 46.7 Å². The molecular formula is C19H24BrF3N2O2. The predicted octanol–water partition coefficient (Wildman–Crippen LogP) is 5.05. The van der Waals surface area contributed by atoms with Crippen LogP contribution < -0.4 is 0 Å². The van der Waals surface area contributed by atoms with Crippen LogP contribution in [0.2, 0.25) is 0 Å². The summed E-state index contributed by atoms with van der Waals surface area (Å²) in [6, 6.07) is 4.28. The van der Waals surface area contributed by atoms with Gasteiger partial charge in [-0.2, -0.15) is 13.2 Å². The second kappa shape index (κ2) is 6.95. The molecule has 0 bridgehead atoms. The highest BCUT2D eigenvalue weighted by Crippen LogP contribution is 2.45. The fourth-order valence-corrected chi connectivity index (χ4v) is 3.92. The van der Waals surface area contributed by atoms with Gasteiger partial charge in [0.1, 0.15) is 5.60 Å². The summed E-state index contributed by atoms with van der Waals surface area (Å²) in [5.41, 5.74) is -1.22. The molecular weight excluding hydrogens is 425 g/mol. The monoisotopic (exact) mass is 448 g/mol. The summed E-state index contributed by atoms with van der Waals surface area (Å²) in [4.78, 5) is 16.3. The Bertz CT molecular complexity index is 727. The molecule has 4 nitrogen and oxygen atoms in total. The number of alkyl halides is 3. The number of rotatable bonds is 2. The first-order chi connectivity index (χ1) is 12.4. The molecule has 0 radical (unpaired) electrons. The van der Waals surface area contributed by atoms with E-state index >= 15 is 0 Å². The van der Waals surface area contributed by atoms with Crippen LogP contribution in [0.1, 0.15) is 44.7 Å². The van der Waals surface area contributed by atoms with Gasteiger partial charge in [0.05, 0.1) is 11.1 Å². The van der Waals surface area contributed by atoms with Crippen LogP contribution in [-0.2, 0) is 17.5 Å². The summed E-state index contributed by atoms with van der Waals surface area (Å²) in [5.74, 6) is 0. The normalized spacial score (nSPS) is 20.0. The molecule has 1 saturated carbocycles. The van der Waals surface area contributed by atoms with E-state index in [0.29, 0.717) is 24.1 Å². The highest BCUT2D eigenvalue weighted by Gasteiger charge is 2.54. The van der Waals surface area contributed by atoms with Crippen LogP contribution in [0.25, 0.3) is 0 Å². The number of halogens is 4. The fraction of sp³-hybridized carbons (Fsp3) is 0.632. The number of ether oxygens (including phenoxy) is 1. The number of amides is 1. The van der Waals surface area contributed by atoms with E-state index in [9.17, 15) is 18.0 Å². The Kier molecular flexibility index (Phi) is 5.27.